The Balaban J connectivity index is -0.000000147. The molecule has 0 amide bonds. The first-order valence-corrected chi connectivity index (χ1v) is 4.13. The minimum atomic E-state index is -2.91. The van der Waals surface area contributed by atoms with Crippen molar-refractivity contribution in [3.8, 4) is 0 Å². The smallest absolute Gasteiger partial charge is 0.334 e. The van der Waals surface area contributed by atoms with Gasteiger partial charge >= 0.3 is 12.2 Å². The van der Waals surface area contributed by atoms with Crippen LogP contribution >= 0.6 is 0 Å². The molecular formula is C8H16F4O3. The monoisotopic (exact) mass is 236 g/mol. The first kappa shape index (κ1) is 19.8. The summed E-state index contributed by atoms with van der Waals surface area (Å²) in [4.78, 5) is 0. The molecule has 0 radical (unpaired) electrons. The average Bonchev–Trinajstić information content (AvgIpc) is 2.20. The normalized spacial score (nSPS) is 8.00. The molecule has 2 N–H and O–H groups in total. The molecule has 0 bridgehead atoms. The third kappa shape index (κ3) is 42.7. The maximum absolute atomic E-state index is 10.3. The number of hydrogen-bond donors (Lipinski definition) is 2. The Labute approximate surface area is 86.0 Å². The maximum Gasteiger partial charge on any atom is 0.334 e. The van der Waals surface area contributed by atoms with Gasteiger partial charge in [0.15, 0.2) is 0 Å². The van der Waals surface area contributed by atoms with Crippen LogP contribution in [0.15, 0.2) is 12.2 Å². The summed E-state index contributed by atoms with van der Waals surface area (Å²) in [5.41, 5.74) is 0. The van der Waals surface area contributed by atoms with E-state index in [4.69, 9.17) is 14.9 Å². The van der Waals surface area contributed by atoms with Crippen LogP contribution in [0.2, 0.25) is 0 Å². The van der Waals surface area contributed by atoms with Crippen molar-refractivity contribution in [3.63, 3.8) is 0 Å². The molecule has 0 atom stereocenters. The van der Waals surface area contributed by atoms with Crippen LogP contribution in [0.3, 0.4) is 0 Å². The molecule has 0 rings (SSSR count). The van der Waals surface area contributed by atoms with Crippen molar-refractivity contribution in [1.82, 2.24) is 0 Å². The van der Waals surface area contributed by atoms with Crippen molar-refractivity contribution in [2.75, 3.05) is 26.4 Å². The molecule has 0 aromatic carbocycles. The summed E-state index contributed by atoms with van der Waals surface area (Å²) in [5.74, 6) is 0. The lowest BCUT2D eigenvalue weighted by molar-refractivity contribution is 0.162. The first-order chi connectivity index (χ1) is 6.97. The lowest BCUT2D eigenvalue weighted by Crippen LogP contribution is -1.85. The van der Waals surface area contributed by atoms with Crippen LogP contribution < -0.4 is 0 Å². The van der Waals surface area contributed by atoms with Gasteiger partial charge in [0.1, 0.15) is 0 Å². The van der Waals surface area contributed by atoms with Crippen LogP contribution in [0.4, 0.5) is 17.6 Å². The summed E-state index contributed by atoms with van der Waals surface area (Å²) in [6.45, 7) is 5.42. The molecule has 94 valence electrons. The van der Waals surface area contributed by atoms with Crippen LogP contribution in [-0.2, 0) is 4.74 Å². The first-order valence-electron chi connectivity index (χ1n) is 4.13. The molecule has 0 unspecified atom stereocenters. The molecule has 0 aliphatic heterocycles. The number of aliphatic hydroxyl groups is 2. The molecule has 0 saturated heterocycles. The fourth-order valence-corrected chi connectivity index (χ4v) is 0.204. The number of hydrogen-bond acceptors (Lipinski definition) is 3. The van der Waals surface area contributed by atoms with E-state index in [9.17, 15) is 17.6 Å². The van der Waals surface area contributed by atoms with Crippen molar-refractivity contribution in [2.24, 2.45) is 0 Å². The van der Waals surface area contributed by atoms with Gasteiger partial charge in [0.25, 0.3) is 0 Å². The fraction of sp³-hybridized carbons (Fsp3) is 0.750. The molecule has 0 aliphatic rings. The Morgan fingerprint density at radius 2 is 1.13 bits per heavy atom. The van der Waals surface area contributed by atoms with E-state index in [1.807, 2.05) is 13.8 Å². The summed E-state index contributed by atoms with van der Waals surface area (Å²) in [6.07, 6.45) is -5.81. The van der Waals surface area contributed by atoms with E-state index >= 15 is 0 Å². The highest BCUT2D eigenvalue weighted by Gasteiger charge is 1.98. The van der Waals surface area contributed by atoms with Gasteiger partial charge in [-0.25, -0.2) is 0 Å². The predicted octanol–water partition coefficient (Wildman–Crippen LogP) is 2.00. The molecule has 0 fully saturated rings. The Kier molecular flexibility index (Phi) is 25.1. The van der Waals surface area contributed by atoms with Gasteiger partial charge in [-0.2, -0.15) is 17.6 Å². The van der Waals surface area contributed by atoms with E-state index in [1.54, 1.807) is 0 Å². The van der Waals surface area contributed by atoms with Crippen LogP contribution in [-0.4, -0.2) is 36.6 Å². The number of rotatable bonds is 3. The van der Waals surface area contributed by atoms with Crippen molar-refractivity contribution >= 4 is 0 Å². The number of aliphatic hydroxyl groups excluding tert-OH is 2. The quantitative estimate of drug-likeness (QED) is 0.737. The van der Waals surface area contributed by atoms with E-state index < -0.39 is 12.2 Å². The Bertz CT molecular complexity index is 120. The zero-order valence-corrected chi connectivity index (χ0v) is 8.64. The second kappa shape index (κ2) is 19.0. The van der Waals surface area contributed by atoms with E-state index in [1.165, 1.54) is 0 Å². The van der Waals surface area contributed by atoms with Gasteiger partial charge < -0.3 is 14.9 Å². The standard InChI is InChI=1S/C4H10O.C2F4.C2H6O2/c1-3-5-4-2;3-1(4)2(5)6;3-1-2-4/h3-4H2,1-2H3;;3-4H,1-2H2. The van der Waals surface area contributed by atoms with E-state index in [2.05, 4.69) is 0 Å². The number of halogens is 4. The van der Waals surface area contributed by atoms with Crippen molar-refractivity contribution < 1.29 is 32.5 Å². The van der Waals surface area contributed by atoms with E-state index in [0.29, 0.717) is 0 Å². The third-order valence-corrected chi connectivity index (χ3v) is 0.651. The zero-order valence-electron chi connectivity index (χ0n) is 8.64. The van der Waals surface area contributed by atoms with E-state index in [-0.39, 0.29) is 13.2 Å². The molecule has 0 spiro atoms. The van der Waals surface area contributed by atoms with Gasteiger partial charge in [0, 0.05) is 13.2 Å². The van der Waals surface area contributed by atoms with Gasteiger partial charge in [-0.1, -0.05) is 0 Å². The molecule has 15 heavy (non-hydrogen) atoms. The van der Waals surface area contributed by atoms with Crippen molar-refractivity contribution in [1.29, 1.82) is 0 Å². The van der Waals surface area contributed by atoms with Crippen molar-refractivity contribution in [2.45, 2.75) is 13.8 Å². The van der Waals surface area contributed by atoms with E-state index in [0.717, 1.165) is 13.2 Å². The lowest BCUT2D eigenvalue weighted by atomic mass is 10.8. The summed E-state index contributed by atoms with van der Waals surface area (Å²) in [7, 11) is 0. The molecule has 0 aromatic rings. The topological polar surface area (TPSA) is 49.7 Å². The van der Waals surface area contributed by atoms with Gasteiger partial charge in [0.2, 0.25) is 0 Å². The second-order valence-corrected chi connectivity index (χ2v) is 1.75. The van der Waals surface area contributed by atoms with Gasteiger partial charge in [-0.05, 0) is 13.8 Å². The molecule has 0 aliphatic carbocycles. The Morgan fingerprint density at radius 3 is 1.13 bits per heavy atom. The largest absolute Gasteiger partial charge is 0.394 e. The average molecular weight is 236 g/mol. The Hall–Kier alpha value is -0.660. The lowest BCUT2D eigenvalue weighted by Gasteiger charge is -1.86. The summed E-state index contributed by atoms with van der Waals surface area (Å²) >= 11 is 0. The van der Waals surface area contributed by atoms with Crippen LogP contribution in [0, 0.1) is 0 Å². The molecule has 0 aromatic heterocycles. The second-order valence-electron chi connectivity index (χ2n) is 1.75. The summed E-state index contributed by atoms with van der Waals surface area (Å²) < 4.78 is 46.0. The van der Waals surface area contributed by atoms with Crippen LogP contribution in [0.25, 0.3) is 0 Å². The molecule has 0 heterocycles. The Morgan fingerprint density at radius 1 is 0.867 bits per heavy atom. The molecule has 3 nitrogen and oxygen atoms in total. The maximum atomic E-state index is 10.3. The number of ether oxygens (including phenoxy) is 1. The highest BCUT2D eigenvalue weighted by atomic mass is 19.3. The molecular weight excluding hydrogens is 220 g/mol. The predicted molar refractivity (Wildman–Crippen MR) is 47.8 cm³/mol. The van der Waals surface area contributed by atoms with Gasteiger partial charge in [0.05, 0.1) is 13.2 Å². The zero-order chi connectivity index (χ0) is 12.7. The van der Waals surface area contributed by atoms with Crippen molar-refractivity contribution in [3.05, 3.63) is 12.2 Å². The van der Waals surface area contributed by atoms with Crippen LogP contribution in [0.1, 0.15) is 13.8 Å². The minimum Gasteiger partial charge on any atom is -0.394 e. The molecule has 7 heteroatoms. The fourth-order valence-electron chi connectivity index (χ4n) is 0.204. The molecule has 0 saturated carbocycles. The van der Waals surface area contributed by atoms with Gasteiger partial charge in [-0.3, -0.25) is 0 Å². The highest BCUT2D eigenvalue weighted by molar-refractivity contribution is 4.77. The summed E-state index contributed by atoms with van der Waals surface area (Å²) in [6, 6.07) is 0. The minimum absolute atomic E-state index is 0.125. The van der Waals surface area contributed by atoms with Gasteiger partial charge in [-0.15, -0.1) is 0 Å². The summed E-state index contributed by atoms with van der Waals surface area (Å²) in [5, 5.41) is 15.2. The SMILES string of the molecule is CCOCC.FC(F)=C(F)F.OCCO. The highest BCUT2D eigenvalue weighted by Crippen LogP contribution is 2.08. The third-order valence-electron chi connectivity index (χ3n) is 0.651. The van der Waals surface area contributed by atoms with Crippen LogP contribution in [0.5, 0.6) is 0 Å².